The van der Waals surface area contributed by atoms with Crippen molar-refractivity contribution in [2.75, 3.05) is 19.4 Å². The van der Waals surface area contributed by atoms with Crippen LogP contribution in [0.3, 0.4) is 0 Å². The Bertz CT molecular complexity index is 913. The first kappa shape index (κ1) is 21.1. The number of nitrogens with one attached hydrogen (secondary N) is 1. The number of anilines is 1. The third-order valence-corrected chi connectivity index (χ3v) is 4.43. The van der Waals surface area contributed by atoms with Crippen LogP contribution in [0.25, 0.3) is 0 Å². The predicted molar refractivity (Wildman–Crippen MR) is 102 cm³/mol. The molecule has 0 radical (unpaired) electrons. The van der Waals surface area contributed by atoms with Crippen molar-refractivity contribution in [3.05, 3.63) is 33.4 Å². The van der Waals surface area contributed by atoms with Crippen molar-refractivity contribution in [2.45, 2.75) is 40.8 Å². The molecule has 0 saturated heterocycles. The van der Waals surface area contributed by atoms with E-state index in [0.717, 1.165) is 0 Å². The van der Waals surface area contributed by atoms with Crippen LogP contribution in [0.2, 0.25) is 0 Å². The maximum atomic E-state index is 12.6. The van der Waals surface area contributed by atoms with E-state index in [9.17, 15) is 19.7 Å². The van der Waals surface area contributed by atoms with Crippen LogP contribution in [0.4, 0.5) is 11.4 Å². The smallest absolute Gasteiger partial charge is 0.312 e. The Labute approximate surface area is 162 Å². The van der Waals surface area contributed by atoms with Crippen molar-refractivity contribution in [1.82, 2.24) is 24.5 Å². The molecule has 2 rings (SSSR count). The fourth-order valence-corrected chi connectivity index (χ4v) is 2.88. The molecule has 11 heteroatoms. The molecule has 0 aliphatic heterocycles. The number of hydrogen-bond donors (Lipinski definition) is 1. The molecule has 1 unspecified atom stereocenters. The molecule has 0 saturated carbocycles. The zero-order valence-corrected chi connectivity index (χ0v) is 16.9. The molecule has 2 aromatic rings. The average Bonchev–Trinajstić information content (AvgIpc) is 3.14. The molecule has 0 fully saturated rings. The monoisotopic (exact) mass is 391 g/mol. The number of hydrogen-bond acceptors (Lipinski definition) is 6. The molecule has 2 amide bonds. The standard InChI is InChI=1S/C17H25N7O4/c1-7-22-15(17(26)21(5)6)13(8-18-22)19-16(25)10(2)9-23-12(4)14(24(27)28)11(3)20-23/h8,10H,7,9H2,1-6H3,(H,19,25). The number of carbonyl (C=O) groups excluding carboxylic acids is 2. The van der Waals surface area contributed by atoms with Gasteiger partial charge in [0, 0.05) is 20.6 Å². The number of rotatable bonds is 7. The van der Waals surface area contributed by atoms with Crippen molar-refractivity contribution in [3.63, 3.8) is 0 Å². The molecule has 0 spiro atoms. The minimum absolute atomic E-state index is 0.0457. The van der Waals surface area contributed by atoms with Gasteiger partial charge in [-0.3, -0.25) is 29.1 Å². The highest BCUT2D eigenvalue weighted by atomic mass is 16.6. The summed E-state index contributed by atoms with van der Waals surface area (Å²) in [5, 5.41) is 22.2. The van der Waals surface area contributed by atoms with E-state index in [4.69, 9.17) is 0 Å². The van der Waals surface area contributed by atoms with E-state index >= 15 is 0 Å². The number of amides is 2. The highest BCUT2D eigenvalue weighted by molar-refractivity contribution is 6.02. The van der Waals surface area contributed by atoms with E-state index in [0.29, 0.717) is 29.3 Å². The molecule has 1 atom stereocenters. The fraction of sp³-hybridized carbons (Fsp3) is 0.529. The molecule has 0 aliphatic rings. The molecular weight excluding hydrogens is 366 g/mol. The number of aryl methyl sites for hydroxylation is 2. The van der Waals surface area contributed by atoms with Crippen LogP contribution in [-0.4, -0.2) is 55.3 Å². The van der Waals surface area contributed by atoms with Gasteiger partial charge in [0.25, 0.3) is 5.91 Å². The van der Waals surface area contributed by atoms with Crippen LogP contribution in [0.15, 0.2) is 6.20 Å². The molecule has 2 aromatic heterocycles. The summed E-state index contributed by atoms with van der Waals surface area (Å²) in [7, 11) is 3.25. The molecular formula is C17H25N7O4. The highest BCUT2D eigenvalue weighted by Gasteiger charge is 2.26. The maximum Gasteiger partial charge on any atom is 0.312 e. The van der Waals surface area contributed by atoms with Gasteiger partial charge >= 0.3 is 5.69 Å². The van der Waals surface area contributed by atoms with Crippen molar-refractivity contribution >= 4 is 23.2 Å². The molecule has 0 aliphatic carbocycles. The first-order valence-corrected chi connectivity index (χ1v) is 8.85. The number of aromatic nitrogens is 4. The van der Waals surface area contributed by atoms with Gasteiger partial charge in [0.1, 0.15) is 17.1 Å². The van der Waals surface area contributed by atoms with E-state index in [2.05, 4.69) is 15.5 Å². The minimum atomic E-state index is -0.537. The van der Waals surface area contributed by atoms with Crippen molar-refractivity contribution in [1.29, 1.82) is 0 Å². The SMILES string of the molecule is CCn1ncc(NC(=O)C(C)Cn2nc(C)c([N+](=O)[O-])c2C)c1C(=O)N(C)C. The van der Waals surface area contributed by atoms with E-state index in [1.165, 1.54) is 20.5 Å². The van der Waals surface area contributed by atoms with Gasteiger partial charge in [-0.05, 0) is 20.8 Å². The Morgan fingerprint density at radius 2 is 1.96 bits per heavy atom. The van der Waals surface area contributed by atoms with Gasteiger partial charge in [-0.2, -0.15) is 10.2 Å². The molecule has 28 heavy (non-hydrogen) atoms. The predicted octanol–water partition coefficient (Wildman–Crippen LogP) is 1.60. The lowest BCUT2D eigenvalue weighted by atomic mass is 10.1. The molecule has 152 valence electrons. The summed E-state index contributed by atoms with van der Waals surface area (Å²) in [5.74, 6) is -1.14. The van der Waals surface area contributed by atoms with Crippen molar-refractivity contribution in [2.24, 2.45) is 5.92 Å². The van der Waals surface area contributed by atoms with E-state index in [-0.39, 0.29) is 24.0 Å². The first-order valence-electron chi connectivity index (χ1n) is 8.85. The Morgan fingerprint density at radius 1 is 1.32 bits per heavy atom. The van der Waals surface area contributed by atoms with Gasteiger partial charge in [-0.15, -0.1) is 0 Å². The summed E-state index contributed by atoms with van der Waals surface area (Å²) >= 11 is 0. The van der Waals surface area contributed by atoms with Crippen LogP contribution < -0.4 is 5.32 Å². The van der Waals surface area contributed by atoms with E-state index in [1.54, 1.807) is 34.9 Å². The Morgan fingerprint density at radius 3 is 2.46 bits per heavy atom. The quantitative estimate of drug-likeness (QED) is 0.564. The van der Waals surface area contributed by atoms with Crippen LogP contribution in [0, 0.1) is 29.9 Å². The molecule has 2 heterocycles. The Balaban J connectivity index is 2.20. The van der Waals surface area contributed by atoms with Gasteiger partial charge in [0.05, 0.1) is 29.3 Å². The van der Waals surface area contributed by atoms with Gasteiger partial charge in [-0.25, -0.2) is 0 Å². The third kappa shape index (κ3) is 4.02. The number of nitrogens with zero attached hydrogens (tertiary/aromatic N) is 6. The normalized spacial score (nSPS) is 11.9. The maximum absolute atomic E-state index is 12.6. The highest BCUT2D eigenvalue weighted by Crippen LogP contribution is 2.23. The zero-order chi connectivity index (χ0) is 21.2. The Hall–Kier alpha value is -3.24. The second-order valence-electron chi connectivity index (χ2n) is 6.77. The third-order valence-electron chi connectivity index (χ3n) is 4.43. The number of carbonyl (C=O) groups is 2. The second kappa shape index (κ2) is 8.19. The topological polar surface area (TPSA) is 128 Å². The lowest BCUT2D eigenvalue weighted by Crippen LogP contribution is -2.29. The summed E-state index contributed by atoms with van der Waals surface area (Å²) in [5.41, 5.74) is 1.28. The number of nitro groups is 1. The lowest BCUT2D eigenvalue weighted by Gasteiger charge is -2.15. The van der Waals surface area contributed by atoms with Gasteiger partial charge in [0.15, 0.2) is 0 Å². The zero-order valence-electron chi connectivity index (χ0n) is 16.9. The van der Waals surface area contributed by atoms with Gasteiger partial charge in [-0.1, -0.05) is 6.92 Å². The molecule has 11 nitrogen and oxygen atoms in total. The Kier molecular flexibility index (Phi) is 6.16. The fourth-order valence-electron chi connectivity index (χ4n) is 2.88. The molecule has 0 bridgehead atoms. The largest absolute Gasteiger partial charge is 0.343 e. The van der Waals surface area contributed by atoms with Crippen LogP contribution in [0.1, 0.15) is 35.7 Å². The first-order chi connectivity index (χ1) is 13.1. The molecule has 1 N–H and O–H groups in total. The van der Waals surface area contributed by atoms with Crippen molar-refractivity contribution < 1.29 is 14.5 Å². The van der Waals surface area contributed by atoms with Crippen LogP contribution in [0.5, 0.6) is 0 Å². The van der Waals surface area contributed by atoms with E-state index in [1.807, 2.05) is 6.92 Å². The summed E-state index contributed by atoms with van der Waals surface area (Å²) in [6, 6.07) is 0. The van der Waals surface area contributed by atoms with E-state index < -0.39 is 10.8 Å². The molecule has 0 aromatic carbocycles. The second-order valence-corrected chi connectivity index (χ2v) is 6.77. The van der Waals surface area contributed by atoms with Crippen molar-refractivity contribution in [3.8, 4) is 0 Å². The average molecular weight is 391 g/mol. The van der Waals surface area contributed by atoms with Gasteiger partial charge in [0.2, 0.25) is 5.91 Å². The summed E-state index contributed by atoms with van der Waals surface area (Å²) in [4.78, 5) is 37.2. The minimum Gasteiger partial charge on any atom is -0.343 e. The lowest BCUT2D eigenvalue weighted by molar-refractivity contribution is -0.386. The summed E-state index contributed by atoms with van der Waals surface area (Å²) in [6.07, 6.45) is 1.44. The van der Waals surface area contributed by atoms with Crippen LogP contribution >= 0.6 is 0 Å². The van der Waals surface area contributed by atoms with Crippen LogP contribution in [-0.2, 0) is 17.9 Å². The summed E-state index contributed by atoms with van der Waals surface area (Å²) in [6.45, 7) is 7.35. The van der Waals surface area contributed by atoms with Gasteiger partial charge < -0.3 is 10.2 Å². The summed E-state index contributed by atoms with van der Waals surface area (Å²) < 4.78 is 2.98.